The number of benzene rings is 4. The summed E-state index contributed by atoms with van der Waals surface area (Å²) >= 11 is 3.43. The first kappa shape index (κ1) is 22.4. The summed E-state index contributed by atoms with van der Waals surface area (Å²) in [5, 5.41) is 7.58. The van der Waals surface area contributed by atoms with Crippen molar-refractivity contribution in [1.29, 1.82) is 0 Å². The molecule has 2 N–H and O–H groups in total. The third kappa shape index (κ3) is 6.12. The molecule has 0 radical (unpaired) electrons. The maximum absolute atomic E-state index is 7.58. The van der Waals surface area contributed by atoms with Crippen molar-refractivity contribution in [1.82, 2.24) is 0 Å². The summed E-state index contributed by atoms with van der Waals surface area (Å²) in [5.74, 6) is 2.17. The highest BCUT2D eigenvalue weighted by atomic mass is 32.2. The molecule has 4 aromatic carbocycles. The van der Waals surface area contributed by atoms with E-state index in [0.29, 0.717) is 5.75 Å². The van der Waals surface area contributed by atoms with E-state index in [-0.39, 0.29) is 5.41 Å². The number of ether oxygens (including phenoxy) is 1. The van der Waals surface area contributed by atoms with Gasteiger partial charge in [0.15, 0.2) is 0 Å². The molecule has 0 heterocycles. The van der Waals surface area contributed by atoms with Crippen LogP contribution in [-0.2, 0) is 5.41 Å². The van der Waals surface area contributed by atoms with Crippen molar-refractivity contribution in [3.8, 4) is 17.2 Å². The molecule has 0 saturated heterocycles. The van der Waals surface area contributed by atoms with Gasteiger partial charge in [-0.1, -0.05) is 56.4 Å². The molecule has 4 rings (SSSR count). The fourth-order valence-electron chi connectivity index (χ4n) is 3.11. The molecule has 4 heteroatoms. The van der Waals surface area contributed by atoms with Crippen LogP contribution in [0.2, 0.25) is 0 Å². The van der Waals surface area contributed by atoms with Gasteiger partial charge in [0.2, 0.25) is 0 Å². The molecule has 4 aromatic rings. The standard InChI is InChI=1S/C28H26O2S2/c1-28(2,3)20-4-12-24(13-5-20)31-26-16-8-22(9-17-26)30-23-10-18-27(19-11-23)32-25-14-6-21(29)7-15-25/h4-19,29H,1-3H3/p+1. The Hall–Kier alpha value is -2.82. The van der Waals surface area contributed by atoms with Gasteiger partial charge in [-0.25, -0.2) is 0 Å². The lowest BCUT2D eigenvalue weighted by atomic mass is 9.87. The van der Waals surface area contributed by atoms with E-state index in [4.69, 9.17) is 9.84 Å². The van der Waals surface area contributed by atoms with Gasteiger partial charge >= 0.3 is 0 Å². The average Bonchev–Trinajstić information content (AvgIpc) is 2.78. The molecule has 0 aliphatic rings. The summed E-state index contributed by atoms with van der Waals surface area (Å²) in [6.07, 6.45) is 0. The van der Waals surface area contributed by atoms with Gasteiger partial charge in [0, 0.05) is 31.7 Å². The van der Waals surface area contributed by atoms with E-state index in [2.05, 4.69) is 69.3 Å². The van der Waals surface area contributed by atoms with Crippen LogP contribution in [0.1, 0.15) is 26.3 Å². The molecule has 0 aliphatic heterocycles. The molecule has 0 aromatic heterocycles. The van der Waals surface area contributed by atoms with Gasteiger partial charge in [-0.2, -0.15) is 0 Å². The van der Waals surface area contributed by atoms with Crippen molar-refractivity contribution in [3.05, 3.63) is 103 Å². The van der Waals surface area contributed by atoms with Crippen molar-refractivity contribution in [3.63, 3.8) is 0 Å². The molecule has 0 saturated carbocycles. The van der Waals surface area contributed by atoms with E-state index in [1.165, 1.54) is 15.4 Å². The molecule has 0 aliphatic carbocycles. The molecular weight excluding hydrogens is 432 g/mol. The van der Waals surface area contributed by atoms with E-state index in [9.17, 15) is 0 Å². The Morgan fingerprint density at radius 3 is 1.25 bits per heavy atom. The largest absolute Gasteiger partial charge is 0.593 e. The Kier molecular flexibility index (Phi) is 6.83. The fraction of sp³-hybridized carbons (Fsp3) is 0.143. The van der Waals surface area contributed by atoms with Crippen LogP contribution < -0.4 is 4.74 Å². The van der Waals surface area contributed by atoms with Crippen molar-refractivity contribution >= 4 is 23.5 Å². The second kappa shape index (κ2) is 9.76. The van der Waals surface area contributed by atoms with E-state index in [0.717, 1.165) is 21.3 Å². The van der Waals surface area contributed by atoms with Crippen LogP contribution in [-0.4, -0.2) is 5.11 Å². The summed E-state index contributed by atoms with van der Waals surface area (Å²) in [6, 6.07) is 32.7. The SMILES string of the molecule is CC(C)(C)c1ccc(Sc2ccc(Oc3ccc(Sc4ccc([OH2+])cc4)cc3)cc2)cc1. The van der Waals surface area contributed by atoms with E-state index < -0.39 is 0 Å². The van der Waals surface area contributed by atoms with Crippen LogP contribution in [0.5, 0.6) is 17.2 Å². The molecule has 162 valence electrons. The molecular formula is C28H27O2S2+. The Morgan fingerprint density at radius 1 is 0.531 bits per heavy atom. The number of hydrogen-bond acceptors (Lipinski definition) is 3. The third-order valence-corrected chi connectivity index (χ3v) is 6.96. The van der Waals surface area contributed by atoms with E-state index in [1.807, 2.05) is 48.5 Å². The normalized spacial score (nSPS) is 11.3. The molecule has 0 amide bonds. The quantitative estimate of drug-likeness (QED) is 0.271. The van der Waals surface area contributed by atoms with Crippen molar-refractivity contribution in [2.45, 2.75) is 45.8 Å². The highest BCUT2D eigenvalue weighted by Gasteiger charge is 2.13. The van der Waals surface area contributed by atoms with Crippen molar-refractivity contribution in [2.24, 2.45) is 0 Å². The van der Waals surface area contributed by atoms with Crippen LogP contribution in [0.15, 0.2) is 117 Å². The molecule has 0 spiro atoms. The molecule has 32 heavy (non-hydrogen) atoms. The second-order valence-electron chi connectivity index (χ2n) is 8.55. The molecule has 0 atom stereocenters. The summed E-state index contributed by atoms with van der Waals surface area (Å²) in [7, 11) is 0. The zero-order valence-electron chi connectivity index (χ0n) is 18.5. The zero-order chi connectivity index (χ0) is 22.6. The smallest absolute Gasteiger partial charge is 0.253 e. The lowest BCUT2D eigenvalue weighted by Gasteiger charge is -2.19. The predicted molar refractivity (Wildman–Crippen MR) is 136 cm³/mol. The van der Waals surface area contributed by atoms with Crippen LogP contribution in [0, 0.1) is 0 Å². The average molecular weight is 460 g/mol. The minimum Gasteiger partial charge on any atom is -0.593 e. The molecule has 0 unspecified atom stereocenters. The van der Waals surface area contributed by atoms with Crippen molar-refractivity contribution in [2.75, 3.05) is 0 Å². The summed E-state index contributed by atoms with van der Waals surface area (Å²) in [4.78, 5) is 4.68. The highest BCUT2D eigenvalue weighted by Crippen LogP contribution is 2.33. The van der Waals surface area contributed by atoms with Gasteiger partial charge in [0.05, 0.1) is 0 Å². The summed E-state index contributed by atoms with van der Waals surface area (Å²) < 4.78 is 6.01. The first-order valence-electron chi connectivity index (χ1n) is 10.5. The minimum atomic E-state index is 0.174. The van der Waals surface area contributed by atoms with Crippen molar-refractivity contribution < 1.29 is 9.84 Å². The zero-order valence-corrected chi connectivity index (χ0v) is 20.1. The predicted octanol–water partition coefficient (Wildman–Crippen LogP) is 8.52. The van der Waals surface area contributed by atoms with Crippen LogP contribution >= 0.6 is 23.5 Å². The van der Waals surface area contributed by atoms with Gasteiger partial charge < -0.3 is 9.84 Å². The monoisotopic (exact) mass is 459 g/mol. The fourth-order valence-corrected chi connectivity index (χ4v) is 4.74. The molecule has 2 nitrogen and oxygen atoms in total. The third-order valence-electron chi connectivity index (χ3n) is 4.93. The van der Waals surface area contributed by atoms with Crippen LogP contribution in [0.4, 0.5) is 0 Å². The van der Waals surface area contributed by atoms with E-state index >= 15 is 0 Å². The number of rotatable bonds is 6. The van der Waals surface area contributed by atoms with Gasteiger partial charge in [0.25, 0.3) is 5.75 Å². The van der Waals surface area contributed by atoms with Gasteiger partial charge in [-0.05, 0) is 83.8 Å². The number of hydrogen-bond donors (Lipinski definition) is 0. The van der Waals surface area contributed by atoms with Gasteiger partial charge in [-0.3, -0.25) is 0 Å². The maximum Gasteiger partial charge on any atom is 0.253 e. The lowest BCUT2D eigenvalue weighted by molar-refractivity contribution is 0.475. The van der Waals surface area contributed by atoms with Gasteiger partial charge in [-0.15, -0.1) is 0 Å². The summed E-state index contributed by atoms with van der Waals surface area (Å²) in [6.45, 7) is 6.70. The maximum atomic E-state index is 7.58. The molecule has 0 fully saturated rings. The van der Waals surface area contributed by atoms with Crippen LogP contribution in [0.25, 0.3) is 0 Å². The van der Waals surface area contributed by atoms with Crippen LogP contribution in [0.3, 0.4) is 0 Å². The minimum absolute atomic E-state index is 0.174. The Labute approximate surface area is 198 Å². The van der Waals surface area contributed by atoms with Gasteiger partial charge in [0.1, 0.15) is 11.5 Å². The topological polar surface area (TPSA) is 32.1 Å². The highest BCUT2D eigenvalue weighted by molar-refractivity contribution is 7.99. The van der Waals surface area contributed by atoms with E-state index in [1.54, 1.807) is 23.5 Å². The Morgan fingerprint density at radius 2 is 0.875 bits per heavy atom. The lowest BCUT2D eigenvalue weighted by Crippen LogP contribution is -2.10. The Bertz CT molecular complexity index is 1140. The Balaban J connectivity index is 1.34. The first-order valence-corrected chi connectivity index (χ1v) is 12.1. The molecule has 0 bridgehead atoms. The summed E-state index contributed by atoms with van der Waals surface area (Å²) in [5.41, 5.74) is 1.52. The first-order chi connectivity index (χ1) is 15.3. The second-order valence-corrected chi connectivity index (χ2v) is 10.8.